The van der Waals surface area contributed by atoms with Crippen molar-refractivity contribution in [2.24, 2.45) is 5.10 Å². The zero-order valence-corrected chi connectivity index (χ0v) is 18.1. The third kappa shape index (κ3) is 3.36. The van der Waals surface area contributed by atoms with Crippen LogP contribution in [0.25, 0.3) is 0 Å². The average Bonchev–Trinajstić information content (AvgIpc) is 3.17. The van der Waals surface area contributed by atoms with Gasteiger partial charge >= 0.3 is 6.61 Å². The van der Waals surface area contributed by atoms with Crippen LogP contribution in [0.5, 0.6) is 11.5 Å². The van der Waals surface area contributed by atoms with Crippen LogP contribution < -0.4 is 9.47 Å². The van der Waals surface area contributed by atoms with E-state index < -0.39 is 12.3 Å². The van der Waals surface area contributed by atoms with Crippen molar-refractivity contribution < 1.29 is 18.3 Å². The van der Waals surface area contributed by atoms with Gasteiger partial charge < -0.3 is 14.4 Å². The fraction of sp³-hybridized carbons (Fsp3) is 0.409. The number of likely N-dealkylation sites (tertiary alicyclic amines) is 1. The SMILES string of the molecule is CN1CCC2(CC1)Oc1ccc(Br)cc1[C@H]1CC(c3ccccc3OC(F)F)=NN12. The average molecular weight is 478 g/mol. The molecule has 30 heavy (non-hydrogen) atoms. The summed E-state index contributed by atoms with van der Waals surface area (Å²) in [7, 11) is 2.11. The number of piperidine rings is 1. The van der Waals surface area contributed by atoms with E-state index in [0.717, 1.165) is 47.4 Å². The summed E-state index contributed by atoms with van der Waals surface area (Å²) in [5.74, 6) is 1.02. The van der Waals surface area contributed by atoms with Crippen LogP contribution in [0, 0.1) is 0 Å². The molecule has 0 saturated carbocycles. The van der Waals surface area contributed by atoms with Crippen molar-refractivity contribution in [3.63, 3.8) is 0 Å². The van der Waals surface area contributed by atoms with Gasteiger partial charge in [-0.15, -0.1) is 0 Å². The Morgan fingerprint density at radius 2 is 1.97 bits per heavy atom. The van der Waals surface area contributed by atoms with Crippen molar-refractivity contribution in [1.29, 1.82) is 0 Å². The van der Waals surface area contributed by atoms with Gasteiger partial charge in [-0.2, -0.15) is 13.9 Å². The van der Waals surface area contributed by atoms with Gasteiger partial charge in [0.1, 0.15) is 11.5 Å². The first-order valence-corrected chi connectivity index (χ1v) is 10.8. The number of fused-ring (bicyclic) bond motifs is 4. The second kappa shape index (κ2) is 7.50. The Morgan fingerprint density at radius 3 is 2.73 bits per heavy atom. The molecule has 5 rings (SSSR count). The quantitative estimate of drug-likeness (QED) is 0.622. The van der Waals surface area contributed by atoms with Gasteiger partial charge in [0.05, 0.1) is 11.8 Å². The number of hydrazone groups is 1. The minimum Gasteiger partial charge on any atom is -0.466 e. The molecule has 0 bridgehead atoms. The summed E-state index contributed by atoms with van der Waals surface area (Å²) in [6.07, 6.45) is 2.25. The minimum absolute atomic E-state index is 0.00994. The second-order valence-electron chi connectivity index (χ2n) is 8.02. The third-order valence-corrected chi connectivity index (χ3v) is 6.63. The molecule has 3 heterocycles. The molecule has 3 aliphatic heterocycles. The highest BCUT2D eigenvalue weighted by atomic mass is 79.9. The normalized spacial score (nSPS) is 22.5. The van der Waals surface area contributed by atoms with E-state index in [-0.39, 0.29) is 11.8 Å². The van der Waals surface area contributed by atoms with Gasteiger partial charge in [-0.05, 0) is 37.4 Å². The summed E-state index contributed by atoms with van der Waals surface area (Å²) in [6.45, 7) is -1.06. The lowest BCUT2D eigenvalue weighted by atomic mass is 9.91. The second-order valence-corrected chi connectivity index (χ2v) is 8.94. The highest BCUT2D eigenvalue weighted by Crippen LogP contribution is 2.50. The van der Waals surface area contributed by atoms with E-state index in [4.69, 9.17) is 14.6 Å². The maximum absolute atomic E-state index is 12.9. The van der Waals surface area contributed by atoms with Crippen LogP contribution in [0.4, 0.5) is 8.78 Å². The van der Waals surface area contributed by atoms with Gasteiger partial charge in [-0.25, -0.2) is 5.01 Å². The van der Waals surface area contributed by atoms with Crippen molar-refractivity contribution >= 4 is 21.6 Å². The lowest BCUT2D eigenvalue weighted by Crippen LogP contribution is -2.58. The van der Waals surface area contributed by atoms with Gasteiger partial charge in [0, 0.05) is 48.0 Å². The van der Waals surface area contributed by atoms with E-state index in [0.29, 0.717) is 12.0 Å². The van der Waals surface area contributed by atoms with E-state index in [9.17, 15) is 8.78 Å². The number of para-hydroxylation sites is 1. The molecule has 1 spiro atoms. The Morgan fingerprint density at radius 1 is 1.20 bits per heavy atom. The van der Waals surface area contributed by atoms with E-state index in [1.54, 1.807) is 18.2 Å². The van der Waals surface area contributed by atoms with Crippen LogP contribution in [0.15, 0.2) is 52.0 Å². The molecule has 158 valence electrons. The summed E-state index contributed by atoms with van der Waals surface area (Å²) in [4.78, 5) is 2.28. The molecule has 1 fully saturated rings. The predicted octanol–water partition coefficient (Wildman–Crippen LogP) is 5.02. The molecule has 0 unspecified atom stereocenters. The molecule has 8 heteroatoms. The topological polar surface area (TPSA) is 37.3 Å². The first-order valence-electron chi connectivity index (χ1n) is 10.0. The molecule has 1 atom stereocenters. The number of benzene rings is 2. The molecule has 0 amide bonds. The van der Waals surface area contributed by atoms with Crippen LogP contribution in [0.3, 0.4) is 0 Å². The van der Waals surface area contributed by atoms with Gasteiger partial charge in [0.2, 0.25) is 5.72 Å². The molecule has 1 saturated heterocycles. The molecule has 0 aliphatic carbocycles. The van der Waals surface area contributed by atoms with Crippen LogP contribution in [-0.4, -0.2) is 48.1 Å². The summed E-state index contributed by atoms with van der Waals surface area (Å²) in [6, 6.07) is 12.9. The zero-order valence-electron chi connectivity index (χ0n) is 16.5. The van der Waals surface area contributed by atoms with Crippen molar-refractivity contribution in [3.05, 3.63) is 58.1 Å². The third-order valence-electron chi connectivity index (χ3n) is 6.14. The monoisotopic (exact) mass is 477 g/mol. The Kier molecular flexibility index (Phi) is 4.94. The van der Waals surface area contributed by atoms with Gasteiger partial charge in [-0.3, -0.25) is 0 Å². The van der Waals surface area contributed by atoms with E-state index in [1.165, 1.54) is 0 Å². The Balaban J connectivity index is 1.58. The number of alkyl halides is 2. The Bertz CT molecular complexity index is 992. The first kappa shape index (κ1) is 19.8. The molecule has 0 N–H and O–H groups in total. The number of halogens is 3. The smallest absolute Gasteiger partial charge is 0.387 e. The van der Waals surface area contributed by atoms with Crippen molar-refractivity contribution in [1.82, 2.24) is 9.91 Å². The minimum atomic E-state index is -2.88. The maximum atomic E-state index is 12.9. The Hall–Kier alpha value is -2.19. The van der Waals surface area contributed by atoms with Crippen LogP contribution >= 0.6 is 15.9 Å². The van der Waals surface area contributed by atoms with E-state index in [2.05, 4.69) is 39.0 Å². The van der Waals surface area contributed by atoms with Crippen LogP contribution in [0.1, 0.15) is 36.4 Å². The van der Waals surface area contributed by atoms with Crippen molar-refractivity contribution in [2.45, 2.75) is 37.6 Å². The number of ether oxygens (including phenoxy) is 2. The molecule has 0 aromatic heterocycles. The van der Waals surface area contributed by atoms with Gasteiger partial charge in [-0.1, -0.05) is 28.1 Å². The predicted molar refractivity (Wildman–Crippen MR) is 113 cm³/mol. The standard InChI is InChI=1S/C22H22BrF2N3O2/c1-27-10-8-22(9-11-27)28-18(16-12-14(23)6-7-20(16)30-22)13-17(26-28)15-4-2-3-5-19(15)29-21(24)25/h2-7,12,18,21H,8-11,13H2,1H3/t18-/m1/s1. The van der Waals surface area contributed by atoms with Crippen LogP contribution in [-0.2, 0) is 0 Å². The first-order chi connectivity index (χ1) is 14.4. The lowest BCUT2D eigenvalue weighted by Gasteiger charge is -2.50. The zero-order chi connectivity index (χ0) is 20.9. The Labute approximate surface area is 182 Å². The summed E-state index contributed by atoms with van der Waals surface area (Å²) >= 11 is 3.56. The van der Waals surface area contributed by atoms with Gasteiger partial charge in [0.25, 0.3) is 0 Å². The largest absolute Gasteiger partial charge is 0.466 e. The fourth-order valence-corrected chi connectivity index (χ4v) is 5.00. The summed E-state index contributed by atoms with van der Waals surface area (Å²) in [5.41, 5.74) is 1.87. The maximum Gasteiger partial charge on any atom is 0.387 e. The molecular weight excluding hydrogens is 456 g/mol. The number of hydrogen-bond acceptors (Lipinski definition) is 5. The number of hydrogen-bond donors (Lipinski definition) is 0. The molecule has 2 aromatic rings. The fourth-order valence-electron chi connectivity index (χ4n) is 4.62. The highest BCUT2D eigenvalue weighted by molar-refractivity contribution is 9.10. The number of nitrogens with zero attached hydrogens (tertiary/aromatic N) is 3. The van der Waals surface area contributed by atoms with Crippen molar-refractivity contribution in [3.8, 4) is 11.5 Å². The van der Waals surface area contributed by atoms with Crippen molar-refractivity contribution in [2.75, 3.05) is 20.1 Å². The number of rotatable bonds is 3. The van der Waals surface area contributed by atoms with E-state index >= 15 is 0 Å². The molecular formula is C22H22BrF2N3O2. The molecule has 5 nitrogen and oxygen atoms in total. The van der Waals surface area contributed by atoms with E-state index in [1.807, 2.05) is 18.2 Å². The molecule has 2 aromatic carbocycles. The van der Waals surface area contributed by atoms with Gasteiger partial charge in [0.15, 0.2) is 0 Å². The lowest BCUT2D eigenvalue weighted by molar-refractivity contribution is -0.147. The molecule has 3 aliphatic rings. The highest BCUT2D eigenvalue weighted by Gasteiger charge is 2.51. The van der Waals surface area contributed by atoms with Crippen LogP contribution in [0.2, 0.25) is 0 Å². The molecule has 0 radical (unpaired) electrons. The summed E-state index contributed by atoms with van der Waals surface area (Å²) < 4.78 is 38.2. The summed E-state index contributed by atoms with van der Waals surface area (Å²) in [5, 5.41) is 7.02.